The molecule has 2 rings (SSSR count). The third-order valence-electron chi connectivity index (χ3n) is 2.97. The first kappa shape index (κ1) is 14.6. The molecule has 1 aromatic carbocycles. The number of benzene rings is 1. The molecule has 0 aliphatic rings. The first-order chi connectivity index (χ1) is 9.63. The molecule has 6 heteroatoms. The van der Waals surface area contributed by atoms with Crippen LogP contribution in [0.1, 0.15) is 13.8 Å². The van der Waals surface area contributed by atoms with Gasteiger partial charge in [0.15, 0.2) is 0 Å². The summed E-state index contributed by atoms with van der Waals surface area (Å²) in [6, 6.07) is 5.29. The molecule has 20 heavy (non-hydrogen) atoms. The Hall–Kier alpha value is -1.82. The predicted molar refractivity (Wildman–Crippen MR) is 84.5 cm³/mol. The van der Waals surface area contributed by atoms with E-state index in [4.69, 9.17) is 0 Å². The van der Waals surface area contributed by atoms with Crippen molar-refractivity contribution in [2.75, 3.05) is 16.8 Å². The van der Waals surface area contributed by atoms with E-state index in [1.807, 2.05) is 11.8 Å². The van der Waals surface area contributed by atoms with Gasteiger partial charge in [0.05, 0.1) is 10.3 Å². The molecule has 0 radical (unpaired) electrons. The second kappa shape index (κ2) is 6.56. The number of anilines is 1. The van der Waals surface area contributed by atoms with Crippen molar-refractivity contribution in [2.45, 2.75) is 19.9 Å². The maximum Gasteiger partial charge on any atom is 0.277 e. The van der Waals surface area contributed by atoms with Gasteiger partial charge in [0.1, 0.15) is 0 Å². The Balaban J connectivity index is 2.35. The van der Waals surface area contributed by atoms with Crippen LogP contribution in [0, 0.1) is 10.1 Å². The van der Waals surface area contributed by atoms with Gasteiger partial charge in [-0.2, -0.15) is 11.8 Å². The van der Waals surface area contributed by atoms with E-state index in [0.717, 1.165) is 22.6 Å². The molecular weight excluding hydrogens is 274 g/mol. The summed E-state index contributed by atoms with van der Waals surface area (Å²) in [5.41, 5.74) is 1.01. The lowest BCUT2D eigenvalue weighted by atomic mass is 10.1. The molecule has 5 nitrogen and oxygen atoms in total. The van der Waals surface area contributed by atoms with Crippen molar-refractivity contribution in [2.24, 2.45) is 0 Å². The standard InChI is InChI=1S/C14H17N3O2S/c1-3-20-9-10(2)16-13-4-5-14(17(18)19)11-6-7-15-8-12(11)13/h4-8,10,16H,3,9H2,1-2H3. The molecule has 1 aromatic heterocycles. The van der Waals surface area contributed by atoms with E-state index in [2.05, 4.69) is 24.1 Å². The Morgan fingerprint density at radius 1 is 1.40 bits per heavy atom. The summed E-state index contributed by atoms with van der Waals surface area (Å²) in [7, 11) is 0. The number of nitrogens with one attached hydrogen (secondary N) is 1. The third kappa shape index (κ3) is 3.19. The number of pyridine rings is 1. The highest BCUT2D eigenvalue weighted by atomic mass is 32.2. The van der Waals surface area contributed by atoms with Gasteiger partial charge in [0.25, 0.3) is 5.69 Å². The fourth-order valence-corrected chi connectivity index (χ4v) is 2.73. The Bertz CT molecular complexity index is 618. The molecule has 0 amide bonds. The van der Waals surface area contributed by atoms with Crippen LogP contribution in [-0.4, -0.2) is 27.5 Å². The zero-order valence-electron chi connectivity index (χ0n) is 11.5. The molecule has 0 saturated heterocycles. The van der Waals surface area contributed by atoms with Crippen molar-refractivity contribution >= 4 is 33.9 Å². The molecule has 0 saturated carbocycles. The fourth-order valence-electron chi connectivity index (χ4n) is 2.06. The van der Waals surface area contributed by atoms with Crippen molar-refractivity contribution in [3.63, 3.8) is 0 Å². The van der Waals surface area contributed by atoms with Gasteiger partial charge in [-0.3, -0.25) is 15.1 Å². The van der Waals surface area contributed by atoms with Gasteiger partial charge in [0, 0.05) is 41.3 Å². The molecule has 0 aliphatic carbocycles. The van der Waals surface area contributed by atoms with Gasteiger partial charge in [-0.05, 0) is 24.8 Å². The molecule has 0 spiro atoms. The second-order valence-corrected chi connectivity index (χ2v) is 5.83. The molecular formula is C14H17N3O2S. The summed E-state index contributed by atoms with van der Waals surface area (Å²) in [4.78, 5) is 14.8. The maximum atomic E-state index is 11.1. The van der Waals surface area contributed by atoms with Crippen LogP contribution in [0.25, 0.3) is 10.8 Å². The minimum atomic E-state index is -0.359. The number of non-ortho nitro benzene ring substituents is 1. The van der Waals surface area contributed by atoms with E-state index in [1.165, 1.54) is 0 Å². The van der Waals surface area contributed by atoms with Crippen LogP contribution < -0.4 is 5.32 Å². The molecule has 1 N–H and O–H groups in total. The molecule has 2 aromatic rings. The summed E-state index contributed by atoms with van der Waals surface area (Å²) in [6.45, 7) is 4.23. The van der Waals surface area contributed by atoms with E-state index >= 15 is 0 Å². The fraction of sp³-hybridized carbons (Fsp3) is 0.357. The average Bonchev–Trinajstić information content (AvgIpc) is 2.45. The third-order valence-corrected chi connectivity index (χ3v) is 4.11. The summed E-state index contributed by atoms with van der Waals surface area (Å²) < 4.78 is 0. The largest absolute Gasteiger partial charge is 0.381 e. The van der Waals surface area contributed by atoms with Crippen LogP contribution >= 0.6 is 11.8 Å². The van der Waals surface area contributed by atoms with Gasteiger partial charge in [-0.1, -0.05) is 6.92 Å². The molecule has 1 atom stereocenters. The van der Waals surface area contributed by atoms with Crippen LogP contribution in [0.3, 0.4) is 0 Å². The summed E-state index contributed by atoms with van der Waals surface area (Å²) in [5, 5.41) is 15.9. The van der Waals surface area contributed by atoms with E-state index in [0.29, 0.717) is 11.4 Å². The number of nitrogens with zero attached hydrogens (tertiary/aromatic N) is 2. The average molecular weight is 291 g/mol. The molecule has 1 heterocycles. The number of thioether (sulfide) groups is 1. The highest BCUT2D eigenvalue weighted by molar-refractivity contribution is 7.99. The van der Waals surface area contributed by atoms with Gasteiger partial charge < -0.3 is 5.32 Å². The number of hydrogen-bond acceptors (Lipinski definition) is 5. The highest BCUT2D eigenvalue weighted by Gasteiger charge is 2.15. The molecule has 0 aliphatic heterocycles. The van der Waals surface area contributed by atoms with Crippen molar-refractivity contribution in [1.82, 2.24) is 4.98 Å². The normalized spacial score (nSPS) is 12.3. The van der Waals surface area contributed by atoms with Gasteiger partial charge >= 0.3 is 0 Å². The zero-order chi connectivity index (χ0) is 14.5. The van der Waals surface area contributed by atoms with Gasteiger partial charge in [-0.25, -0.2) is 0 Å². The smallest absolute Gasteiger partial charge is 0.277 e. The Labute approximate surface area is 121 Å². The van der Waals surface area contributed by atoms with Crippen LogP contribution in [0.15, 0.2) is 30.6 Å². The number of nitro benzene ring substituents is 1. The quantitative estimate of drug-likeness (QED) is 0.649. The Kier molecular flexibility index (Phi) is 4.79. The minimum absolute atomic E-state index is 0.114. The molecule has 106 valence electrons. The lowest BCUT2D eigenvalue weighted by molar-refractivity contribution is -0.383. The van der Waals surface area contributed by atoms with Crippen LogP contribution in [0.5, 0.6) is 0 Å². The van der Waals surface area contributed by atoms with E-state index in [-0.39, 0.29) is 10.6 Å². The second-order valence-electron chi connectivity index (χ2n) is 4.52. The van der Waals surface area contributed by atoms with Crippen molar-refractivity contribution < 1.29 is 4.92 Å². The topological polar surface area (TPSA) is 68.1 Å². The van der Waals surface area contributed by atoms with E-state index in [9.17, 15) is 10.1 Å². The predicted octanol–water partition coefficient (Wildman–Crippen LogP) is 3.70. The molecule has 1 unspecified atom stereocenters. The molecule has 0 fully saturated rings. The van der Waals surface area contributed by atoms with Crippen molar-refractivity contribution in [3.05, 3.63) is 40.7 Å². The number of nitro groups is 1. The number of rotatable bonds is 6. The first-order valence-electron chi connectivity index (χ1n) is 6.49. The van der Waals surface area contributed by atoms with Crippen molar-refractivity contribution in [3.8, 4) is 0 Å². The van der Waals surface area contributed by atoms with Gasteiger partial charge in [-0.15, -0.1) is 0 Å². The first-order valence-corrected chi connectivity index (χ1v) is 7.64. The molecule has 0 bridgehead atoms. The minimum Gasteiger partial charge on any atom is -0.381 e. The van der Waals surface area contributed by atoms with Gasteiger partial charge in [0.2, 0.25) is 0 Å². The number of fused-ring (bicyclic) bond motifs is 1. The SMILES string of the molecule is CCSCC(C)Nc1ccc([N+](=O)[O-])c2ccncc12. The summed E-state index contributed by atoms with van der Waals surface area (Å²) in [6.07, 6.45) is 3.25. The van der Waals surface area contributed by atoms with E-state index < -0.39 is 0 Å². The Morgan fingerprint density at radius 2 is 2.20 bits per heavy atom. The maximum absolute atomic E-state index is 11.1. The summed E-state index contributed by atoms with van der Waals surface area (Å²) >= 11 is 1.86. The highest BCUT2D eigenvalue weighted by Crippen LogP contribution is 2.31. The lowest BCUT2D eigenvalue weighted by Crippen LogP contribution is -2.18. The number of aromatic nitrogens is 1. The number of hydrogen-bond donors (Lipinski definition) is 1. The monoisotopic (exact) mass is 291 g/mol. The van der Waals surface area contributed by atoms with Crippen molar-refractivity contribution in [1.29, 1.82) is 0 Å². The lowest BCUT2D eigenvalue weighted by Gasteiger charge is -2.16. The van der Waals surface area contributed by atoms with E-state index in [1.54, 1.807) is 30.6 Å². The van der Waals surface area contributed by atoms with Crippen LogP contribution in [0.2, 0.25) is 0 Å². The van der Waals surface area contributed by atoms with Crippen LogP contribution in [-0.2, 0) is 0 Å². The zero-order valence-corrected chi connectivity index (χ0v) is 12.3. The Morgan fingerprint density at radius 3 is 2.90 bits per heavy atom. The summed E-state index contributed by atoms with van der Waals surface area (Å²) in [5.74, 6) is 2.07. The van der Waals surface area contributed by atoms with Crippen LogP contribution in [0.4, 0.5) is 11.4 Å².